The van der Waals surface area contributed by atoms with Crippen LogP contribution in [0.1, 0.15) is 32.3 Å². The smallest absolute Gasteiger partial charge is 0.236 e. The number of hydrogen-bond acceptors (Lipinski definition) is 3. The van der Waals surface area contributed by atoms with E-state index in [1.165, 1.54) is 5.56 Å². The molecule has 0 aromatic heterocycles. The predicted octanol–water partition coefficient (Wildman–Crippen LogP) is 1.92. The van der Waals surface area contributed by atoms with Gasteiger partial charge in [-0.2, -0.15) is 0 Å². The van der Waals surface area contributed by atoms with Crippen molar-refractivity contribution in [3.8, 4) is 0 Å². The summed E-state index contributed by atoms with van der Waals surface area (Å²) in [7, 11) is 0. The van der Waals surface area contributed by atoms with Gasteiger partial charge in [0.2, 0.25) is 5.91 Å². The number of hydrogen-bond donors (Lipinski definition) is 2. The molecule has 1 aromatic rings. The zero-order chi connectivity index (χ0) is 14.5. The number of likely N-dealkylation sites (tertiary alicyclic amines) is 1. The minimum atomic E-state index is -0.423. The number of carbonyl (C=O) groups is 1. The van der Waals surface area contributed by atoms with E-state index in [1.54, 1.807) is 6.92 Å². The fourth-order valence-corrected chi connectivity index (χ4v) is 2.74. The van der Waals surface area contributed by atoms with Crippen molar-refractivity contribution in [3.05, 3.63) is 35.9 Å². The van der Waals surface area contributed by atoms with E-state index < -0.39 is 6.04 Å². The maximum absolute atomic E-state index is 11.6. The van der Waals surface area contributed by atoms with Crippen LogP contribution in [0.15, 0.2) is 30.3 Å². The van der Waals surface area contributed by atoms with Crippen molar-refractivity contribution in [2.45, 2.75) is 51.4 Å². The second-order valence-electron chi connectivity index (χ2n) is 5.82. The summed E-state index contributed by atoms with van der Waals surface area (Å²) in [6.45, 7) is 5.95. The largest absolute Gasteiger partial charge is 0.352 e. The quantitative estimate of drug-likeness (QED) is 0.893. The van der Waals surface area contributed by atoms with Crippen LogP contribution in [0.25, 0.3) is 0 Å². The van der Waals surface area contributed by atoms with Gasteiger partial charge in [-0.25, -0.2) is 0 Å². The van der Waals surface area contributed by atoms with Crippen molar-refractivity contribution in [1.29, 1.82) is 0 Å². The molecule has 4 nitrogen and oxygen atoms in total. The van der Waals surface area contributed by atoms with Crippen LogP contribution in [-0.4, -0.2) is 35.5 Å². The third-order valence-electron chi connectivity index (χ3n) is 4.00. The molecular formula is C16H26ClN3O. The fraction of sp³-hybridized carbons (Fsp3) is 0.562. The molecule has 1 saturated heterocycles. The highest BCUT2D eigenvalue weighted by molar-refractivity contribution is 5.85. The predicted molar refractivity (Wildman–Crippen MR) is 88.4 cm³/mol. The summed E-state index contributed by atoms with van der Waals surface area (Å²) in [5.41, 5.74) is 6.94. The highest BCUT2D eigenvalue weighted by Gasteiger charge is 2.26. The van der Waals surface area contributed by atoms with Crippen molar-refractivity contribution >= 4 is 18.3 Å². The highest BCUT2D eigenvalue weighted by atomic mass is 35.5. The minimum absolute atomic E-state index is 0. The molecule has 1 fully saturated rings. The van der Waals surface area contributed by atoms with Crippen molar-refractivity contribution in [3.63, 3.8) is 0 Å². The Hall–Kier alpha value is -1.10. The molecule has 1 amide bonds. The van der Waals surface area contributed by atoms with Gasteiger partial charge in [0.05, 0.1) is 6.04 Å². The molecule has 0 spiro atoms. The molecule has 3 unspecified atom stereocenters. The van der Waals surface area contributed by atoms with E-state index >= 15 is 0 Å². The molecule has 1 aromatic carbocycles. The molecule has 3 atom stereocenters. The summed E-state index contributed by atoms with van der Waals surface area (Å²) < 4.78 is 0. The van der Waals surface area contributed by atoms with E-state index in [0.717, 1.165) is 25.9 Å². The molecule has 5 heteroatoms. The zero-order valence-electron chi connectivity index (χ0n) is 12.8. The Labute approximate surface area is 133 Å². The summed E-state index contributed by atoms with van der Waals surface area (Å²) in [5, 5.41) is 3.04. The van der Waals surface area contributed by atoms with Gasteiger partial charge in [-0.15, -0.1) is 12.4 Å². The SMILES string of the molecule is CC(N)C(=O)NC1CCN(Cc2ccccc2)C(C)C1.Cl. The van der Waals surface area contributed by atoms with E-state index in [-0.39, 0.29) is 24.4 Å². The van der Waals surface area contributed by atoms with Crippen LogP contribution in [0, 0.1) is 0 Å². The van der Waals surface area contributed by atoms with Crippen LogP contribution in [0.4, 0.5) is 0 Å². The first-order chi connectivity index (χ1) is 9.56. The van der Waals surface area contributed by atoms with Crippen molar-refractivity contribution in [1.82, 2.24) is 10.2 Å². The number of nitrogens with zero attached hydrogens (tertiary/aromatic N) is 1. The summed E-state index contributed by atoms with van der Waals surface area (Å²) >= 11 is 0. The first-order valence-electron chi connectivity index (χ1n) is 7.40. The second-order valence-corrected chi connectivity index (χ2v) is 5.82. The molecule has 1 aliphatic rings. The van der Waals surface area contributed by atoms with Crippen molar-refractivity contribution in [2.75, 3.05) is 6.54 Å². The molecule has 0 saturated carbocycles. The summed E-state index contributed by atoms with van der Waals surface area (Å²) in [4.78, 5) is 14.1. The van der Waals surface area contributed by atoms with E-state index in [9.17, 15) is 4.79 Å². The second kappa shape index (κ2) is 8.37. The van der Waals surface area contributed by atoms with Crippen LogP contribution in [-0.2, 0) is 11.3 Å². The molecule has 3 N–H and O–H groups in total. The average molecular weight is 312 g/mol. The molecule has 0 bridgehead atoms. The Bertz CT molecular complexity index is 438. The Morgan fingerprint density at radius 3 is 2.67 bits per heavy atom. The number of amides is 1. The molecule has 118 valence electrons. The number of carbonyl (C=O) groups excluding carboxylic acids is 1. The van der Waals surface area contributed by atoms with Gasteiger partial charge < -0.3 is 11.1 Å². The van der Waals surface area contributed by atoms with Crippen LogP contribution < -0.4 is 11.1 Å². The third kappa shape index (κ3) is 5.30. The van der Waals surface area contributed by atoms with Gasteiger partial charge in [0, 0.05) is 25.2 Å². The lowest BCUT2D eigenvalue weighted by Crippen LogP contribution is -2.51. The van der Waals surface area contributed by atoms with Gasteiger partial charge >= 0.3 is 0 Å². The Balaban J connectivity index is 0.00000220. The van der Waals surface area contributed by atoms with Crippen LogP contribution >= 0.6 is 12.4 Å². The molecule has 2 rings (SSSR count). The van der Waals surface area contributed by atoms with Gasteiger partial charge in [0.25, 0.3) is 0 Å². The number of nitrogens with one attached hydrogen (secondary N) is 1. The standard InChI is InChI=1S/C16H25N3O.ClH/c1-12-10-15(18-16(20)13(2)17)8-9-19(12)11-14-6-4-3-5-7-14;/h3-7,12-13,15H,8-11,17H2,1-2H3,(H,18,20);1H. The van der Waals surface area contributed by atoms with Crippen molar-refractivity contribution in [2.24, 2.45) is 5.73 Å². The van der Waals surface area contributed by atoms with E-state index in [1.807, 2.05) is 6.07 Å². The molecule has 0 aliphatic carbocycles. The first kappa shape index (κ1) is 18.0. The van der Waals surface area contributed by atoms with Crippen LogP contribution in [0.3, 0.4) is 0 Å². The molecular weight excluding hydrogens is 286 g/mol. The number of benzene rings is 1. The minimum Gasteiger partial charge on any atom is -0.352 e. The molecule has 1 heterocycles. The zero-order valence-corrected chi connectivity index (χ0v) is 13.6. The Morgan fingerprint density at radius 1 is 1.43 bits per heavy atom. The van der Waals surface area contributed by atoms with Gasteiger partial charge in [0.15, 0.2) is 0 Å². The van der Waals surface area contributed by atoms with Gasteiger partial charge in [-0.3, -0.25) is 9.69 Å². The molecule has 21 heavy (non-hydrogen) atoms. The summed E-state index contributed by atoms with van der Waals surface area (Å²) in [6.07, 6.45) is 1.99. The lowest BCUT2D eigenvalue weighted by Gasteiger charge is -2.38. The van der Waals surface area contributed by atoms with Crippen molar-refractivity contribution < 1.29 is 4.79 Å². The average Bonchev–Trinajstić information content (AvgIpc) is 2.43. The van der Waals surface area contributed by atoms with Gasteiger partial charge in [-0.1, -0.05) is 30.3 Å². The Kier molecular flexibility index (Phi) is 7.15. The van der Waals surface area contributed by atoms with Gasteiger partial charge in [-0.05, 0) is 32.3 Å². The number of piperidine rings is 1. The van der Waals surface area contributed by atoms with Crippen LogP contribution in [0.5, 0.6) is 0 Å². The molecule has 0 radical (unpaired) electrons. The monoisotopic (exact) mass is 311 g/mol. The highest BCUT2D eigenvalue weighted by Crippen LogP contribution is 2.19. The lowest BCUT2D eigenvalue weighted by molar-refractivity contribution is -0.123. The fourth-order valence-electron chi connectivity index (χ4n) is 2.74. The normalized spacial score (nSPS) is 24.0. The van der Waals surface area contributed by atoms with E-state index in [0.29, 0.717) is 6.04 Å². The van der Waals surface area contributed by atoms with Gasteiger partial charge in [0.1, 0.15) is 0 Å². The maximum Gasteiger partial charge on any atom is 0.236 e. The maximum atomic E-state index is 11.6. The number of halogens is 1. The van der Waals surface area contributed by atoms with E-state index in [4.69, 9.17) is 5.73 Å². The molecule has 1 aliphatic heterocycles. The van der Waals surface area contributed by atoms with Crippen LogP contribution in [0.2, 0.25) is 0 Å². The summed E-state index contributed by atoms with van der Waals surface area (Å²) in [6, 6.07) is 10.8. The third-order valence-corrected chi connectivity index (χ3v) is 4.00. The van der Waals surface area contributed by atoms with E-state index in [2.05, 4.69) is 41.4 Å². The lowest BCUT2D eigenvalue weighted by atomic mass is 9.97. The number of nitrogens with two attached hydrogens (primary N) is 1. The topological polar surface area (TPSA) is 58.4 Å². The Morgan fingerprint density at radius 2 is 2.10 bits per heavy atom. The number of rotatable bonds is 4. The first-order valence-corrected chi connectivity index (χ1v) is 7.40. The summed E-state index contributed by atoms with van der Waals surface area (Å²) in [5.74, 6) is -0.0429.